The minimum Gasteiger partial charge on any atom is -0.478 e. The maximum atomic E-state index is 13.2. The number of carboxylic acids is 1. The first-order valence-electron chi connectivity index (χ1n) is 5.34. The number of halogens is 2. The van der Waals surface area contributed by atoms with Crippen LogP contribution in [0, 0.1) is 11.6 Å². The lowest BCUT2D eigenvalue weighted by atomic mass is 10.2. The molecule has 0 aliphatic heterocycles. The number of hydrogen-bond acceptors (Lipinski definition) is 2. The van der Waals surface area contributed by atoms with Crippen LogP contribution in [0.2, 0.25) is 0 Å². The average Bonchev–Trinajstić information content (AvgIpc) is 2.35. The van der Waals surface area contributed by atoms with Gasteiger partial charge in [0.2, 0.25) is 0 Å². The number of carbonyl (C=O) groups is 2. The van der Waals surface area contributed by atoms with Gasteiger partial charge < -0.3 is 15.7 Å². The zero-order chi connectivity index (χ0) is 14.3. The first-order chi connectivity index (χ1) is 8.99. The number of aliphatic carboxylic acids is 1. The third kappa shape index (κ3) is 5.62. The van der Waals surface area contributed by atoms with E-state index < -0.39 is 23.6 Å². The van der Waals surface area contributed by atoms with E-state index in [1.807, 2.05) is 0 Å². The van der Waals surface area contributed by atoms with E-state index in [1.165, 1.54) is 6.08 Å². The average molecular weight is 270 g/mol. The van der Waals surface area contributed by atoms with Gasteiger partial charge in [0.05, 0.1) is 0 Å². The first-order valence-corrected chi connectivity index (χ1v) is 5.34. The fourth-order valence-electron chi connectivity index (χ4n) is 1.23. The molecule has 0 bridgehead atoms. The molecular formula is C12H12F2N2O3. The highest BCUT2D eigenvalue weighted by molar-refractivity contribution is 5.80. The van der Waals surface area contributed by atoms with Crippen LogP contribution in [0.15, 0.2) is 30.4 Å². The van der Waals surface area contributed by atoms with Crippen LogP contribution in [0.4, 0.5) is 13.6 Å². The van der Waals surface area contributed by atoms with Crippen molar-refractivity contribution in [3.63, 3.8) is 0 Å². The molecule has 0 atom stereocenters. The molecule has 3 N–H and O–H groups in total. The summed E-state index contributed by atoms with van der Waals surface area (Å²) in [6, 6.07) is 2.33. The third-order valence-corrected chi connectivity index (χ3v) is 2.09. The molecule has 0 saturated heterocycles. The van der Waals surface area contributed by atoms with Crippen LogP contribution in [0.25, 0.3) is 0 Å². The summed E-state index contributed by atoms with van der Waals surface area (Å²) in [6.07, 6.45) is 2.12. The molecule has 0 spiro atoms. The predicted molar refractivity (Wildman–Crippen MR) is 63.4 cm³/mol. The Labute approximate surface area is 107 Å². The van der Waals surface area contributed by atoms with Crippen LogP contribution >= 0.6 is 0 Å². The molecule has 0 fully saturated rings. The van der Waals surface area contributed by atoms with Gasteiger partial charge in [-0.2, -0.15) is 0 Å². The number of benzene rings is 1. The minimum atomic E-state index is -1.12. The predicted octanol–water partition coefficient (Wildman–Crippen LogP) is 1.40. The normalized spacial score (nSPS) is 10.4. The van der Waals surface area contributed by atoms with Gasteiger partial charge in [0.25, 0.3) is 0 Å². The van der Waals surface area contributed by atoms with E-state index in [4.69, 9.17) is 5.11 Å². The van der Waals surface area contributed by atoms with Gasteiger partial charge in [0, 0.05) is 24.7 Å². The highest BCUT2D eigenvalue weighted by Gasteiger charge is 2.05. The molecule has 7 heteroatoms. The molecular weight excluding hydrogens is 258 g/mol. The first kappa shape index (κ1) is 14.6. The highest BCUT2D eigenvalue weighted by Crippen LogP contribution is 2.08. The van der Waals surface area contributed by atoms with Gasteiger partial charge in [-0.15, -0.1) is 0 Å². The Morgan fingerprint density at radius 3 is 2.68 bits per heavy atom. The van der Waals surface area contributed by atoms with Crippen LogP contribution in [0.5, 0.6) is 0 Å². The summed E-state index contributed by atoms with van der Waals surface area (Å²) >= 11 is 0. The van der Waals surface area contributed by atoms with E-state index in [-0.39, 0.29) is 18.7 Å². The Balaban J connectivity index is 2.38. The fourth-order valence-corrected chi connectivity index (χ4v) is 1.23. The molecule has 1 aromatic carbocycles. The third-order valence-electron chi connectivity index (χ3n) is 2.09. The van der Waals surface area contributed by atoms with Gasteiger partial charge in [0.15, 0.2) is 0 Å². The van der Waals surface area contributed by atoms with Crippen molar-refractivity contribution in [3.8, 4) is 0 Å². The summed E-state index contributed by atoms with van der Waals surface area (Å²) in [4.78, 5) is 21.4. The second-order valence-corrected chi connectivity index (χ2v) is 3.54. The maximum Gasteiger partial charge on any atom is 0.328 e. The summed E-state index contributed by atoms with van der Waals surface area (Å²) in [6.45, 7) is -0.151. The summed E-state index contributed by atoms with van der Waals surface area (Å²) in [5, 5.41) is 12.9. The van der Waals surface area contributed by atoms with Crippen molar-refractivity contribution in [3.05, 3.63) is 47.5 Å². The number of carboxylic acid groups (broad SMARTS) is 1. The molecule has 2 amide bonds. The lowest BCUT2D eigenvalue weighted by Gasteiger charge is -2.07. The van der Waals surface area contributed by atoms with Crippen molar-refractivity contribution in [1.29, 1.82) is 0 Å². The van der Waals surface area contributed by atoms with Gasteiger partial charge in [-0.1, -0.05) is 6.08 Å². The molecule has 0 saturated carbocycles. The number of amides is 2. The van der Waals surface area contributed by atoms with Crippen LogP contribution in [0.1, 0.15) is 5.56 Å². The molecule has 1 rings (SSSR count). The van der Waals surface area contributed by atoms with Crippen LogP contribution in [-0.4, -0.2) is 23.7 Å². The van der Waals surface area contributed by atoms with E-state index in [0.29, 0.717) is 0 Å². The molecule has 1 aromatic rings. The van der Waals surface area contributed by atoms with E-state index in [9.17, 15) is 18.4 Å². The number of hydrogen-bond donors (Lipinski definition) is 3. The zero-order valence-electron chi connectivity index (χ0n) is 9.82. The van der Waals surface area contributed by atoms with E-state index in [2.05, 4.69) is 10.6 Å². The largest absolute Gasteiger partial charge is 0.478 e. The molecule has 102 valence electrons. The number of urea groups is 1. The van der Waals surface area contributed by atoms with Gasteiger partial charge in [0.1, 0.15) is 11.6 Å². The van der Waals surface area contributed by atoms with Crippen molar-refractivity contribution < 1.29 is 23.5 Å². The Morgan fingerprint density at radius 1 is 1.26 bits per heavy atom. The minimum absolute atomic E-state index is 0.0176. The van der Waals surface area contributed by atoms with Gasteiger partial charge in [-0.05, 0) is 18.2 Å². The van der Waals surface area contributed by atoms with Crippen LogP contribution < -0.4 is 10.6 Å². The number of nitrogens with one attached hydrogen (secondary N) is 2. The smallest absolute Gasteiger partial charge is 0.328 e. The van der Waals surface area contributed by atoms with Crippen LogP contribution in [0.3, 0.4) is 0 Å². The summed E-state index contributed by atoms with van der Waals surface area (Å²) in [5.41, 5.74) is 0.0243. The lowest BCUT2D eigenvalue weighted by Crippen LogP contribution is -2.35. The number of rotatable bonds is 5. The highest BCUT2D eigenvalue weighted by atomic mass is 19.1. The van der Waals surface area contributed by atoms with E-state index in [0.717, 1.165) is 24.3 Å². The molecule has 19 heavy (non-hydrogen) atoms. The Kier molecular flexibility index (Phi) is 5.46. The zero-order valence-corrected chi connectivity index (χ0v) is 9.82. The second-order valence-electron chi connectivity index (χ2n) is 3.54. The fraction of sp³-hybridized carbons (Fsp3) is 0.167. The van der Waals surface area contributed by atoms with Crippen molar-refractivity contribution in [2.45, 2.75) is 6.54 Å². The summed E-state index contributed by atoms with van der Waals surface area (Å²) in [5.74, 6) is -2.33. The van der Waals surface area contributed by atoms with Gasteiger partial charge >= 0.3 is 12.0 Å². The maximum absolute atomic E-state index is 13.2. The number of carbonyl (C=O) groups excluding carboxylic acids is 1. The molecule has 0 aliphatic carbocycles. The van der Waals surface area contributed by atoms with Crippen molar-refractivity contribution in [1.82, 2.24) is 10.6 Å². The lowest BCUT2D eigenvalue weighted by molar-refractivity contribution is -0.131. The Hall–Kier alpha value is -2.44. The molecule has 5 nitrogen and oxygen atoms in total. The van der Waals surface area contributed by atoms with Gasteiger partial charge in [-0.3, -0.25) is 0 Å². The quantitative estimate of drug-likeness (QED) is 0.708. The molecule has 0 radical (unpaired) electrons. The molecule has 0 aliphatic rings. The standard InChI is InChI=1S/C12H12F2N2O3/c13-9-3-4-10(14)8(6-9)7-16-12(19)15-5-1-2-11(17)18/h1-4,6H,5,7H2,(H,17,18)(H2,15,16,19)/b2-1+. The molecule has 0 heterocycles. The Bertz CT molecular complexity index is 504. The van der Waals surface area contributed by atoms with E-state index in [1.54, 1.807) is 0 Å². The SMILES string of the molecule is O=C(O)/C=C/CNC(=O)NCc1cc(F)ccc1F. The monoisotopic (exact) mass is 270 g/mol. The molecule has 0 unspecified atom stereocenters. The second kappa shape index (κ2) is 7.10. The molecule has 0 aromatic heterocycles. The summed E-state index contributed by atoms with van der Waals surface area (Å²) < 4.78 is 26.0. The summed E-state index contributed by atoms with van der Waals surface area (Å²) in [7, 11) is 0. The Morgan fingerprint density at radius 2 is 2.00 bits per heavy atom. The van der Waals surface area contributed by atoms with Crippen molar-refractivity contribution in [2.24, 2.45) is 0 Å². The van der Waals surface area contributed by atoms with Gasteiger partial charge in [-0.25, -0.2) is 18.4 Å². The van der Waals surface area contributed by atoms with Crippen molar-refractivity contribution >= 4 is 12.0 Å². The van der Waals surface area contributed by atoms with Crippen molar-refractivity contribution in [2.75, 3.05) is 6.54 Å². The van der Waals surface area contributed by atoms with Crippen LogP contribution in [-0.2, 0) is 11.3 Å². The van der Waals surface area contributed by atoms with E-state index >= 15 is 0 Å². The topological polar surface area (TPSA) is 78.4 Å².